The van der Waals surface area contributed by atoms with Crippen LogP contribution in [0.1, 0.15) is 79.7 Å². The van der Waals surface area contributed by atoms with Crippen LogP contribution < -0.4 is 5.32 Å². The molecular formula is C41H56FN7O12. The monoisotopic (exact) mass is 857 g/mol. The molecule has 0 aliphatic carbocycles. The van der Waals surface area contributed by atoms with Crippen molar-refractivity contribution in [3.05, 3.63) is 23.9 Å². The predicted octanol–water partition coefficient (Wildman–Crippen LogP) is 1.97. The number of fused-ring (bicyclic) bond motifs is 1. The number of rotatable bonds is 9. The summed E-state index contributed by atoms with van der Waals surface area (Å²) in [7, 11) is 4.83. The number of esters is 2. The van der Waals surface area contributed by atoms with Crippen LogP contribution in [-0.2, 0) is 54.1 Å². The Hall–Kier alpha value is -4.94. The molecule has 19 nitrogen and oxygen atoms in total. The second kappa shape index (κ2) is 19.0. The van der Waals surface area contributed by atoms with E-state index in [0.717, 1.165) is 11.7 Å². The number of aromatic nitrogens is 5. The van der Waals surface area contributed by atoms with Gasteiger partial charge in [0.2, 0.25) is 5.82 Å². The number of hydrogen-bond donors (Lipinski definition) is 2. The number of cyclic esters (lactones) is 1. The van der Waals surface area contributed by atoms with Gasteiger partial charge >= 0.3 is 18.0 Å². The smallest absolute Gasteiger partial charge is 0.408 e. The lowest BCUT2D eigenvalue weighted by Gasteiger charge is -2.46. The minimum absolute atomic E-state index is 0.0635. The molecule has 3 saturated heterocycles. The van der Waals surface area contributed by atoms with Crippen LogP contribution in [0.25, 0.3) is 11.5 Å². The molecule has 2 N–H and O–H groups in total. The van der Waals surface area contributed by atoms with Crippen molar-refractivity contribution >= 4 is 29.6 Å². The number of carbonyl (C=O) groups is 5. The van der Waals surface area contributed by atoms with E-state index >= 15 is 4.39 Å². The van der Waals surface area contributed by atoms with E-state index in [0.29, 0.717) is 17.7 Å². The number of ketones is 2. The van der Waals surface area contributed by atoms with E-state index in [1.807, 2.05) is 4.90 Å². The molecule has 3 aliphatic heterocycles. The summed E-state index contributed by atoms with van der Waals surface area (Å²) in [5.74, 6) is 0.689. The summed E-state index contributed by atoms with van der Waals surface area (Å²) in [5.41, 5.74) is -5.62. The number of amides is 1. The number of hydrogen-bond acceptors (Lipinski definition) is 17. The highest BCUT2D eigenvalue weighted by atomic mass is 19.1. The fourth-order valence-corrected chi connectivity index (χ4v) is 8.13. The van der Waals surface area contributed by atoms with E-state index in [2.05, 4.69) is 42.3 Å². The van der Waals surface area contributed by atoms with Crippen molar-refractivity contribution in [2.24, 2.45) is 11.8 Å². The second-order valence-electron chi connectivity index (χ2n) is 16.7. The number of halogens is 1. The molecule has 0 spiro atoms. The SMILES string of the molecule is CC[C@@H]1OC(=O)[C@@](C)(F)C(=O)C[C@@H](O[C@@H]2O[C@H](C)C[C@H](N(C)C)[C@H]2O)[C@@](C)(OCC#Cc2ccc(-c3nnn(CC(=O)OC)n3)nc2)C[C@@H](C)C(=O)[C@H](C)C2NC(=O)OC21C. The number of alkyl carbamates (subject to hydrolysis) is 1. The summed E-state index contributed by atoms with van der Waals surface area (Å²) in [6.07, 6.45) is -5.36. The molecule has 5 rings (SSSR count). The van der Waals surface area contributed by atoms with Crippen molar-refractivity contribution in [1.29, 1.82) is 0 Å². The van der Waals surface area contributed by atoms with Gasteiger partial charge in [-0.2, -0.15) is 4.80 Å². The van der Waals surface area contributed by atoms with Gasteiger partial charge in [0.15, 0.2) is 24.2 Å². The molecule has 2 unspecified atom stereocenters. The summed E-state index contributed by atoms with van der Waals surface area (Å²) in [6, 6.07) is 1.84. The molecule has 5 heterocycles. The highest BCUT2D eigenvalue weighted by Crippen LogP contribution is 2.40. The molecule has 20 heteroatoms. The molecule has 61 heavy (non-hydrogen) atoms. The average molecular weight is 858 g/mol. The number of aliphatic hydroxyl groups excluding tert-OH is 1. The number of likely N-dealkylation sites (N-methyl/N-ethyl adjacent to an activating group) is 1. The number of Topliss-reactive ketones (excluding diaryl/α,β-unsaturated/α-hetero) is 2. The first-order valence-corrected chi connectivity index (χ1v) is 20.2. The van der Waals surface area contributed by atoms with Crippen LogP contribution >= 0.6 is 0 Å². The van der Waals surface area contributed by atoms with E-state index in [4.69, 9.17) is 23.7 Å². The first-order chi connectivity index (χ1) is 28.6. The largest absolute Gasteiger partial charge is 0.468 e. The standard InChI is InChI=1S/C41H56FN7O12/c1-11-29-41(7)34(44-38(55)61-41)24(4)32(52)22(2)19-39(5,57-16-12-13-25-14-15-26(43-20-25)35-45-47-49(46-35)21-31(51)56-10)30(18-28(50)40(6,42)37(54)60-29)59-36-33(53)27(48(8)9)17-23(3)58-36/h14-15,20,22-24,27,29-30,33-34,36,53H,11,16-19,21H2,1-10H3,(H,44,55)/t22-,23-,24+,27+,29+,30-,33-,34?,36+,39+,40+,41?/m1/s1. The number of pyridine rings is 1. The van der Waals surface area contributed by atoms with Crippen LogP contribution in [0.5, 0.6) is 0 Å². The zero-order valence-corrected chi connectivity index (χ0v) is 36.2. The van der Waals surface area contributed by atoms with Gasteiger partial charge < -0.3 is 43.7 Å². The van der Waals surface area contributed by atoms with Crippen LogP contribution in [0, 0.1) is 23.7 Å². The minimum atomic E-state index is -3.22. The Bertz CT molecular complexity index is 2000. The summed E-state index contributed by atoms with van der Waals surface area (Å²) < 4.78 is 51.5. The van der Waals surface area contributed by atoms with Gasteiger partial charge in [-0.3, -0.25) is 14.6 Å². The number of methoxy groups -OCH3 is 1. The maximum absolute atomic E-state index is 16.7. The Balaban J connectivity index is 1.50. The van der Waals surface area contributed by atoms with Crippen molar-refractivity contribution in [3.63, 3.8) is 0 Å². The number of aliphatic hydroxyl groups is 1. The summed E-state index contributed by atoms with van der Waals surface area (Å²) >= 11 is 0. The Morgan fingerprint density at radius 3 is 2.51 bits per heavy atom. The highest BCUT2D eigenvalue weighted by Gasteiger charge is 2.58. The van der Waals surface area contributed by atoms with E-state index in [1.165, 1.54) is 20.2 Å². The molecule has 2 aromatic rings. The summed E-state index contributed by atoms with van der Waals surface area (Å²) in [4.78, 5) is 73.6. The van der Waals surface area contributed by atoms with Gasteiger partial charge in [0, 0.05) is 36.1 Å². The first-order valence-electron chi connectivity index (χ1n) is 20.2. The second-order valence-corrected chi connectivity index (χ2v) is 16.7. The Labute approximate surface area is 353 Å². The molecular weight excluding hydrogens is 801 g/mol. The van der Waals surface area contributed by atoms with E-state index in [1.54, 1.807) is 60.8 Å². The lowest BCUT2D eigenvalue weighted by atomic mass is 9.75. The number of tetrazole rings is 1. The number of alkyl halides is 1. The maximum Gasteiger partial charge on any atom is 0.408 e. The van der Waals surface area contributed by atoms with Crippen LogP contribution in [0.15, 0.2) is 18.3 Å². The van der Waals surface area contributed by atoms with E-state index in [-0.39, 0.29) is 37.6 Å². The number of carbonyl (C=O) groups excluding carboxylic acids is 5. The quantitative estimate of drug-likeness (QED) is 0.159. The maximum atomic E-state index is 16.7. The molecule has 0 saturated carbocycles. The molecule has 3 fully saturated rings. The van der Waals surface area contributed by atoms with Crippen molar-refractivity contribution in [2.75, 3.05) is 27.8 Å². The first kappa shape index (κ1) is 47.1. The van der Waals surface area contributed by atoms with Gasteiger partial charge in [-0.15, -0.1) is 10.2 Å². The van der Waals surface area contributed by atoms with Gasteiger partial charge in [-0.25, -0.2) is 18.8 Å². The summed E-state index contributed by atoms with van der Waals surface area (Å²) in [5, 5.41) is 26.0. The van der Waals surface area contributed by atoms with Gasteiger partial charge in [0.1, 0.15) is 30.3 Å². The van der Waals surface area contributed by atoms with Crippen LogP contribution in [0.4, 0.5) is 9.18 Å². The molecule has 0 bridgehead atoms. The van der Waals surface area contributed by atoms with Crippen molar-refractivity contribution in [1.82, 2.24) is 35.4 Å². The number of nitrogens with one attached hydrogen (secondary N) is 1. The Morgan fingerprint density at radius 2 is 1.87 bits per heavy atom. The molecule has 12 atom stereocenters. The topological polar surface area (TPSA) is 233 Å². The van der Waals surface area contributed by atoms with Crippen molar-refractivity contribution in [2.45, 2.75) is 140 Å². The third-order valence-corrected chi connectivity index (χ3v) is 11.8. The molecule has 334 valence electrons. The Kier molecular flexibility index (Phi) is 14.7. The zero-order chi connectivity index (χ0) is 45.0. The van der Waals surface area contributed by atoms with Crippen molar-refractivity contribution < 1.29 is 61.9 Å². The average Bonchev–Trinajstić information content (AvgIpc) is 3.81. The summed E-state index contributed by atoms with van der Waals surface area (Å²) in [6.45, 7) is 10.1. The molecule has 1 amide bonds. The van der Waals surface area contributed by atoms with Crippen LogP contribution in [0.3, 0.4) is 0 Å². The highest BCUT2D eigenvalue weighted by molar-refractivity contribution is 6.07. The Morgan fingerprint density at radius 1 is 1.15 bits per heavy atom. The van der Waals surface area contributed by atoms with Gasteiger partial charge in [0.05, 0.1) is 31.0 Å². The number of nitrogens with zero attached hydrogens (tertiary/aromatic N) is 6. The third kappa shape index (κ3) is 10.4. The third-order valence-electron chi connectivity index (χ3n) is 11.8. The fraction of sp³-hybridized carbons (Fsp3) is 0.683. The lowest BCUT2D eigenvalue weighted by molar-refractivity contribution is -0.290. The molecule has 0 radical (unpaired) electrons. The lowest BCUT2D eigenvalue weighted by Crippen LogP contribution is -2.60. The molecule has 3 aliphatic rings. The normalized spacial score (nSPS) is 34.9. The van der Waals surface area contributed by atoms with Crippen LogP contribution in [-0.4, -0.2) is 152 Å². The van der Waals surface area contributed by atoms with E-state index < -0.39 is 102 Å². The van der Waals surface area contributed by atoms with E-state index in [9.17, 15) is 29.1 Å². The fourth-order valence-electron chi connectivity index (χ4n) is 8.13. The molecule has 2 aromatic heterocycles. The van der Waals surface area contributed by atoms with Crippen molar-refractivity contribution in [3.8, 4) is 23.4 Å². The van der Waals surface area contributed by atoms with Gasteiger partial charge in [-0.1, -0.05) is 32.6 Å². The zero-order valence-electron chi connectivity index (χ0n) is 36.2. The number of ether oxygens (including phenoxy) is 6. The van der Waals surface area contributed by atoms with Gasteiger partial charge in [0.25, 0.3) is 5.67 Å². The predicted molar refractivity (Wildman–Crippen MR) is 211 cm³/mol. The van der Waals surface area contributed by atoms with Crippen LogP contribution in [0.2, 0.25) is 0 Å². The minimum Gasteiger partial charge on any atom is -0.468 e. The van der Waals surface area contributed by atoms with Gasteiger partial charge in [-0.05, 0) is 78.4 Å². The molecule has 0 aromatic carbocycles.